The van der Waals surface area contributed by atoms with Crippen molar-refractivity contribution in [2.24, 2.45) is 0 Å². The molecule has 0 aromatic carbocycles. The van der Waals surface area contributed by atoms with E-state index >= 15 is 0 Å². The van der Waals surface area contributed by atoms with E-state index < -0.39 is 42.3 Å². The van der Waals surface area contributed by atoms with Crippen LogP contribution in [-0.4, -0.2) is 40.9 Å². The van der Waals surface area contributed by atoms with E-state index in [-0.39, 0.29) is 12.2 Å². The second-order valence-electron chi connectivity index (χ2n) is 5.89. The second kappa shape index (κ2) is 5.55. The van der Waals surface area contributed by atoms with Crippen LogP contribution in [0.25, 0.3) is 0 Å². The zero-order valence-electron chi connectivity index (χ0n) is 13.6. The van der Waals surface area contributed by atoms with Gasteiger partial charge in [-0.05, 0) is 32.4 Å². The van der Waals surface area contributed by atoms with Gasteiger partial charge in [0.15, 0.2) is 0 Å². The molecule has 1 N–H and O–H groups in total. The van der Waals surface area contributed by atoms with E-state index in [0.717, 1.165) is 0 Å². The molecule has 1 aromatic heterocycles. The van der Waals surface area contributed by atoms with Gasteiger partial charge >= 0.3 is 17.9 Å². The zero-order chi connectivity index (χ0) is 18.6. The number of pyridine rings is 1. The highest BCUT2D eigenvalue weighted by Crippen LogP contribution is 2.54. The van der Waals surface area contributed by atoms with Crippen LogP contribution in [0.5, 0.6) is 5.88 Å². The van der Waals surface area contributed by atoms with Gasteiger partial charge in [-0.25, -0.2) is 9.78 Å². The van der Waals surface area contributed by atoms with Gasteiger partial charge in [0.1, 0.15) is 0 Å². The van der Waals surface area contributed by atoms with Crippen molar-refractivity contribution in [3.63, 3.8) is 0 Å². The molecule has 3 atom stereocenters. The molecule has 0 radical (unpaired) electrons. The summed E-state index contributed by atoms with van der Waals surface area (Å²) in [5.74, 6) is -7.40. The minimum Gasteiger partial charge on any atom is -0.462 e. The Hall–Kier alpha value is -1.91. The first-order valence-corrected chi connectivity index (χ1v) is 7.50. The Balaban J connectivity index is 2.16. The van der Waals surface area contributed by atoms with Crippen LogP contribution in [0.15, 0.2) is 6.07 Å². The molecular weight excluding hydrogens is 347 g/mol. The number of fused-ring (bicyclic) bond motifs is 4. The van der Waals surface area contributed by atoms with E-state index in [2.05, 4.69) is 9.72 Å². The maximum absolute atomic E-state index is 13.7. The van der Waals surface area contributed by atoms with Crippen molar-refractivity contribution in [2.45, 2.75) is 51.2 Å². The van der Waals surface area contributed by atoms with Crippen LogP contribution >= 0.6 is 0 Å². The van der Waals surface area contributed by atoms with Gasteiger partial charge < -0.3 is 19.3 Å². The Morgan fingerprint density at radius 3 is 2.72 bits per heavy atom. The molecule has 3 heterocycles. The summed E-state index contributed by atoms with van der Waals surface area (Å²) in [4.78, 5) is 15.8. The fourth-order valence-electron chi connectivity index (χ4n) is 3.02. The lowest BCUT2D eigenvalue weighted by molar-refractivity contribution is -0.474. The molecule has 3 unspecified atom stereocenters. The number of hydrogen-bond donors (Lipinski definition) is 1. The topological polar surface area (TPSA) is 87.1 Å². The Morgan fingerprint density at radius 2 is 2.12 bits per heavy atom. The Labute approximate surface area is 140 Å². The third-order valence-electron chi connectivity index (χ3n) is 3.95. The summed E-state index contributed by atoms with van der Waals surface area (Å²) in [6, 6.07) is 1.55. The molecule has 7 nitrogen and oxygen atoms in total. The number of hydrogen-bond acceptors (Lipinski definition) is 7. The summed E-state index contributed by atoms with van der Waals surface area (Å²) in [6.07, 6.45) is -8.26. The molecule has 1 saturated heterocycles. The van der Waals surface area contributed by atoms with Gasteiger partial charge in [0.2, 0.25) is 11.7 Å². The van der Waals surface area contributed by atoms with Crippen LogP contribution < -0.4 is 4.74 Å². The second-order valence-corrected chi connectivity index (χ2v) is 5.89. The van der Waals surface area contributed by atoms with Crippen LogP contribution in [0, 0.1) is 13.8 Å². The summed E-state index contributed by atoms with van der Waals surface area (Å²) in [5, 5.41) is 10.8. The Morgan fingerprint density at radius 1 is 1.44 bits per heavy atom. The van der Waals surface area contributed by atoms with Crippen molar-refractivity contribution in [1.29, 1.82) is 0 Å². The molecule has 2 aliphatic rings. The van der Waals surface area contributed by atoms with Gasteiger partial charge in [-0.15, -0.1) is 0 Å². The minimum atomic E-state index is -5.06. The Bertz CT molecular complexity index is 724. The monoisotopic (exact) mass is 363 g/mol. The van der Waals surface area contributed by atoms with Gasteiger partial charge in [0.05, 0.1) is 18.6 Å². The van der Waals surface area contributed by atoms with Crippen LogP contribution in [0.2, 0.25) is 0 Å². The summed E-state index contributed by atoms with van der Waals surface area (Å²) >= 11 is 0. The average molecular weight is 363 g/mol. The standard InChI is InChI=1S/C15H16F3NO6/c1-4-22-11(20)12-24-13(21)6-14(25-12,15(16,17)18)23-10-9(13)7(2)5-8(3)19-10/h5,12,21H,4,6H2,1-3H3. The molecule has 0 saturated carbocycles. The van der Waals surface area contributed by atoms with Gasteiger partial charge in [-0.3, -0.25) is 4.74 Å². The SMILES string of the molecule is CCOC(=O)C1OC2(O)CC(C(F)(F)F)(Oc3nc(C)cc(C)c32)O1. The first-order valence-electron chi connectivity index (χ1n) is 7.50. The number of carbonyl (C=O) groups is 1. The molecule has 0 spiro atoms. The lowest BCUT2D eigenvalue weighted by Gasteiger charge is -2.50. The predicted octanol–water partition coefficient (Wildman–Crippen LogP) is 1.82. The van der Waals surface area contributed by atoms with Crippen molar-refractivity contribution in [3.05, 3.63) is 22.9 Å². The average Bonchev–Trinajstić information content (AvgIpc) is 2.43. The molecule has 1 aromatic rings. The van der Waals surface area contributed by atoms with E-state index in [1.807, 2.05) is 0 Å². The van der Waals surface area contributed by atoms with Crippen molar-refractivity contribution in [3.8, 4) is 5.88 Å². The van der Waals surface area contributed by atoms with Crippen LogP contribution in [0.3, 0.4) is 0 Å². The summed E-state index contributed by atoms with van der Waals surface area (Å²) in [5.41, 5.74) is 0.722. The molecule has 3 rings (SSSR count). The van der Waals surface area contributed by atoms with Gasteiger partial charge in [-0.1, -0.05) is 0 Å². The van der Waals surface area contributed by atoms with E-state index in [1.165, 1.54) is 6.92 Å². The predicted molar refractivity (Wildman–Crippen MR) is 74.2 cm³/mol. The van der Waals surface area contributed by atoms with Gasteiger partial charge in [-0.2, -0.15) is 13.2 Å². The number of aryl methyl sites for hydroxylation is 2. The van der Waals surface area contributed by atoms with Crippen molar-refractivity contribution < 1.29 is 42.0 Å². The highest BCUT2D eigenvalue weighted by molar-refractivity contribution is 5.73. The number of esters is 1. The van der Waals surface area contributed by atoms with Crippen LogP contribution in [-0.2, 0) is 24.8 Å². The molecule has 0 aliphatic carbocycles. The third kappa shape index (κ3) is 2.74. The van der Waals surface area contributed by atoms with Crippen molar-refractivity contribution >= 4 is 5.97 Å². The first kappa shape index (κ1) is 17.9. The third-order valence-corrected chi connectivity index (χ3v) is 3.95. The lowest BCUT2D eigenvalue weighted by atomic mass is 9.90. The maximum Gasteiger partial charge on any atom is 0.455 e. The number of halogens is 3. The molecule has 1 fully saturated rings. The zero-order valence-corrected chi connectivity index (χ0v) is 13.6. The first-order chi connectivity index (χ1) is 11.5. The highest BCUT2D eigenvalue weighted by Gasteiger charge is 2.71. The summed E-state index contributed by atoms with van der Waals surface area (Å²) in [6.45, 7) is 4.50. The van der Waals surface area contributed by atoms with E-state index in [9.17, 15) is 23.1 Å². The summed E-state index contributed by atoms with van der Waals surface area (Å²) in [7, 11) is 0. The van der Waals surface area contributed by atoms with Crippen molar-refractivity contribution in [1.82, 2.24) is 4.98 Å². The number of ether oxygens (including phenoxy) is 4. The molecule has 2 aliphatic heterocycles. The normalized spacial score (nSPS) is 31.1. The van der Waals surface area contributed by atoms with Crippen LogP contribution in [0.4, 0.5) is 13.2 Å². The largest absolute Gasteiger partial charge is 0.462 e. The molecular formula is C15H16F3NO6. The number of alkyl halides is 3. The Kier molecular flexibility index (Phi) is 3.97. The number of aliphatic hydroxyl groups is 1. The lowest BCUT2D eigenvalue weighted by Crippen LogP contribution is -2.66. The molecule has 0 amide bonds. The van der Waals surface area contributed by atoms with E-state index in [0.29, 0.717) is 11.3 Å². The smallest absolute Gasteiger partial charge is 0.455 e. The fraction of sp³-hybridized carbons (Fsp3) is 0.600. The van der Waals surface area contributed by atoms with Gasteiger partial charge in [0.25, 0.3) is 6.29 Å². The molecule has 138 valence electrons. The van der Waals surface area contributed by atoms with Crippen LogP contribution in [0.1, 0.15) is 30.2 Å². The van der Waals surface area contributed by atoms with E-state index in [4.69, 9.17) is 14.2 Å². The maximum atomic E-state index is 13.7. The fourth-order valence-corrected chi connectivity index (χ4v) is 3.02. The van der Waals surface area contributed by atoms with E-state index in [1.54, 1.807) is 19.9 Å². The van der Waals surface area contributed by atoms with Gasteiger partial charge in [0, 0.05) is 5.69 Å². The minimum absolute atomic E-state index is 0.0735. The number of carbonyl (C=O) groups excluding carboxylic acids is 1. The molecule has 10 heteroatoms. The number of nitrogens with zero attached hydrogens (tertiary/aromatic N) is 1. The highest BCUT2D eigenvalue weighted by atomic mass is 19.4. The number of aromatic nitrogens is 1. The quantitative estimate of drug-likeness (QED) is 0.802. The molecule has 2 bridgehead atoms. The molecule has 25 heavy (non-hydrogen) atoms. The van der Waals surface area contributed by atoms with Crippen molar-refractivity contribution in [2.75, 3.05) is 6.61 Å². The summed E-state index contributed by atoms with van der Waals surface area (Å²) < 4.78 is 60.7. The number of rotatable bonds is 2.